The zero-order valence-electron chi connectivity index (χ0n) is 10.7. The lowest BCUT2D eigenvalue weighted by Gasteiger charge is -1.99. The van der Waals surface area contributed by atoms with Crippen molar-refractivity contribution in [2.24, 2.45) is 0 Å². The van der Waals surface area contributed by atoms with Gasteiger partial charge in [0.1, 0.15) is 5.76 Å². The first-order valence-electron chi connectivity index (χ1n) is 6.35. The second-order valence-electron chi connectivity index (χ2n) is 4.44. The number of aryl methyl sites for hydroxylation is 1. The highest BCUT2D eigenvalue weighted by Crippen LogP contribution is 2.26. The van der Waals surface area contributed by atoms with E-state index in [2.05, 4.69) is 77.0 Å². The summed E-state index contributed by atoms with van der Waals surface area (Å²) < 4.78 is 6.76. The molecule has 1 heterocycles. The van der Waals surface area contributed by atoms with Crippen LogP contribution in [-0.2, 0) is 10.8 Å². The van der Waals surface area contributed by atoms with Crippen molar-refractivity contribution in [1.82, 2.24) is 4.98 Å². The molecule has 0 saturated heterocycles. The van der Waals surface area contributed by atoms with Gasteiger partial charge in [-0.2, -0.15) is 0 Å². The fourth-order valence-electron chi connectivity index (χ4n) is 2.21. The van der Waals surface area contributed by atoms with Crippen LogP contribution in [-0.4, -0.2) is 4.98 Å². The van der Waals surface area contributed by atoms with Crippen LogP contribution in [0.3, 0.4) is 0 Å². The van der Waals surface area contributed by atoms with Gasteiger partial charge in [-0.15, -0.1) is 0 Å². The Bertz CT molecular complexity index is 696. The van der Waals surface area contributed by atoms with Gasteiger partial charge in [-0.25, -0.2) is 4.98 Å². The van der Waals surface area contributed by atoms with E-state index in [9.17, 15) is 0 Å². The molecule has 0 amide bonds. The summed E-state index contributed by atoms with van der Waals surface area (Å²) in [5, 5.41) is 2.45. The van der Waals surface area contributed by atoms with Gasteiger partial charge in [0.15, 0.2) is 0 Å². The van der Waals surface area contributed by atoms with E-state index < -0.39 is 0 Å². The van der Waals surface area contributed by atoms with Crippen molar-refractivity contribution in [2.45, 2.75) is 17.8 Å². The number of benzene rings is 2. The molecule has 3 aromatic rings. The summed E-state index contributed by atoms with van der Waals surface area (Å²) in [6.07, 6.45) is 0.888. The van der Waals surface area contributed by atoms with Crippen molar-refractivity contribution in [1.29, 1.82) is 0 Å². The van der Waals surface area contributed by atoms with Crippen molar-refractivity contribution < 1.29 is 4.42 Å². The minimum atomic E-state index is 0.731. The number of aromatic nitrogens is 1. The summed E-state index contributed by atoms with van der Waals surface area (Å²) in [5.74, 6) is 1.73. The zero-order chi connectivity index (χ0) is 13.2. The summed E-state index contributed by atoms with van der Waals surface area (Å²) in [6.45, 7) is 2.10. The van der Waals surface area contributed by atoms with E-state index in [1.807, 2.05) is 0 Å². The van der Waals surface area contributed by atoms with Gasteiger partial charge in [-0.3, -0.25) is 0 Å². The van der Waals surface area contributed by atoms with Gasteiger partial charge < -0.3 is 4.42 Å². The van der Waals surface area contributed by atoms with Crippen molar-refractivity contribution in [3.63, 3.8) is 0 Å². The summed E-state index contributed by atoms with van der Waals surface area (Å²) in [6, 6.07) is 14.7. The predicted octanol–water partition coefficient (Wildman–Crippen LogP) is 4.99. The molecule has 0 unspecified atom stereocenters. The van der Waals surface area contributed by atoms with Crippen LogP contribution in [0.1, 0.15) is 18.4 Å². The quantitative estimate of drug-likeness (QED) is 0.484. The van der Waals surface area contributed by atoms with Gasteiger partial charge in [0.2, 0.25) is 5.89 Å². The van der Waals surface area contributed by atoms with E-state index in [-0.39, 0.29) is 0 Å². The number of hydrogen-bond acceptors (Lipinski definition) is 2. The summed E-state index contributed by atoms with van der Waals surface area (Å²) >= 11 is 2.33. The lowest BCUT2D eigenvalue weighted by atomic mass is 10.1. The van der Waals surface area contributed by atoms with Gasteiger partial charge in [0.05, 0.1) is 5.69 Å². The fraction of sp³-hybridized carbons (Fsp3) is 0.188. The van der Waals surface area contributed by atoms with Crippen LogP contribution in [0, 0.1) is 0 Å². The Labute approximate surface area is 126 Å². The van der Waals surface area contributed by atoms with Gasteiger partial charge in [-0.1, -0.05) is 59.8 Å². The number of hydrogen-bond donors (Lipinski definition) is 0. The van der Waals surface area contributed by atoms with Crippen LogP contribution < -0.4 is 0 Å². The number of halogens is 1. The van der Waals surface area contributed by atoms with Crippen molar-refractivity contribution in [3.05, 3.63) is 53.9 Å². The summed E-state index contributed by atoms with van der Waals surface area (Å²) in [4.78, 5) is 4.60. The molecule has 0 radical (unpaired) electrons. The summed E-state index contributed by atoms with van der Waals surface area (Å²) in [7, 11) is 0. The molecule has 0 aliphatic carbocycles. The second kappa shape index (κ2) is 5.33. The molecular formula is C16H14INO. The maximum absolute atomic E-state index is 5.87. The Kier molecular flexibility index (Phi) is 3.55. The molecular weight excluding hydrogens is 349 g/mol. The van der Waals surface area contributed by atoms with Gasteiger partial charge in [0.25, 0.3) is 0 Å². The molecule has 0 N–H and O–H groups in total. The molecule has 0 aliphatic heterocycles. The highest BCUT2D eigenvalue weighted by atomic mass is 127. The molecule has 19 heavy (non-hydrogen) atoms. The van der Waals surface area contributed by atoms with E-state index in [4.69, 9.17) is 4.42 Å². The molecule has 0 aliphatic rings. The molecule has 1 aromatic heterocycles. The molecule has 3 heteroatoms. The number of fused-ring (bicyclic) bond motifs is 1. The smallest absolute Gasteiger partial charge is 0.226 e. The van der Waals surface area contributed by atoms with Crippen LogP contribution in [0.25, 0.3) is 22.2 Å². The molecule has 0 bridgehead atoms. The van der Waals surface area contributed by atoms with Crippen LogP contribution in [0.15, 0.2) is 46.9 Å². The molecule has 0 fully saturated rings. The van der Waals surface area contributed by atoms with Crippen LogP contribution in [0.5, 0.6) is 0 Å². The first kappa shape index (κ1) is 12.7. The standard InChI is InChI=1S/C16H14INO/c1-2-15-14(10-17)18-16(19-15)13-8-7-11-5-3-4-6-12(11)9-13/h3-9H,2,10H2,1H3. The highest BCUT2D eigenvalue weighted by molar-refractivity contribution is 14.1. The molecule has 0 saturated carbocycles. The third-order valence-corrected chi connectivity index (χ3v) is 3.94. The Hall–Kier alpha value is -1.36. The Morgan fingerprint density at radius 1 is 1.11 bits per heavy atom. The largest absolute Gasteiger partial charge is 0.441 e. The third kappa shape index (κ3) is 2.39. The SMILES string of the molecule is CCc1oc(-c2ccc3ccccc3c2)nc1CI. The second-order valence-corrected chi connectivity index (χ2v) is 5.20. The van der Waals surface area contributed by atoms with E-state index in [1.165, 1.54) is 10.8 Å². The van der Waals surface area contributed by atoms with Crippen molar-refractivity contribution >= 4 is 33.4 Å². The number of rotatable bonds is 3. The maximum Gasteiger partial charge on any atom is 0.226 e. The molecule has 2 aromatic carbocycles. The van der Waals surface area contributed by atoms with E-state index >= 15 is 0 Å². The van der Waals surface area contributed by atoms with Crippen LogP contribution >= 0.6 is 22.6 Å². The van der Waals surface area contributed by atoms with Gasteiger partial charge >= 0.3 is 0 Å². The predicted molar refractivity (Wildman–Crippen MR) is 86.5 cm³/mol. The molecule has 96 valence electrons. The number of oxazole rings is 1. The van der Waals surface area contributed by atoms with Crippen LogP contribution in [0.2, 0.25) is 0 Å². The fourth-order valence-corrected chi connectivity index (χ4v) is 2.81. The van der Waals surface area contributed by atoms with Crippen molar-refractivity contribution in [3.8, 4) is 11.5 Å². The van der Waals surface area contributed by atoms with E-state index in [0.717, 1.165) is 33.8 Å². The lowest BCUT2D eigenvalue weighted by molar-refractivity contribution is 0.522. The number of alkyl halides is 1. The Morgan fingerprint density at radius 2 is 1.89 bits per heavy atom. The molecule has 2 nitrogen and oxygen atoms in total. The van der Waals surface area contributed by atoms with E-state index in [1.54, 1.807) is 0 Å². The first-order chi connectivity index (χ1) is 9.31. The maximum atomic E-state index is 5.87. The normalized spacial score (nSPS) is 11.1. The number of nitrogens with zero attached hydrogens (tertiary/aromatic N) is 1. The average molecular weight is 363 g/mol. The van der Waals surface area contributed by atoms with Gasteiger partial charge in [0, 0.05) is 16.4 Å². The topological polar surface area (TPSA) is 26.0 Å². The Balaban J connectivity index is 2.10. The van der Waals surface area contributed by atoms with E-state index in [0.29, 0.717) is 0 Å². The lowest BCUT2D eigenvalue weighted by Crippen LogP contribution is -1.84. The summed E-state index contributed by atoms with van der Waals surface area (Å²) in [5.41, 5.74) is 2.11. The molecule has 3 rings (SSSR count). The van der Waals surface area contributed by atoms with Gasteiger partial charge in [-0.05, 0) is 22.9 Å². The molecule has 0 atom stereocenters. The van der Waals surface area contributed by atoms with Crippen molar-refractivity contribution in [2.75, 3.05) is 0 Å². The Morgan fingerprint density at radius 3 is 2.58 bits per heavy atom. The first-order valence-corrected chi connectivity index (χ1v) is 7.88. The average Bonchev–Trinajstić information content (AvgIpc) is 2.90. The minimum Gasteiger partial charge on any atom is -0.441 e. The third-order valence-electron chi connectivity index (χ3n) is 3.22. The van der Waals surface area contributed by atoms with Crippen LogP contribution in [0.4, 0.5) is 0 Å². The highest BCUT2D eigenvalue weighted by Gasteiger charge is 2.12. The zero-order valence-corrected chi connectivity index (χ0v) is 12.8. The minimum absolute atomic E-state index is 0.731. The monoisotopic (exact) mass is 363 g/mol. The molecule has 0 spiro atoms.